The number of unbranched alkanes of at least 4 members (excludes halogenated alkanes) is 5. The van der Waals surface area contributed by atoms with Crippen LogP contribution in [0.1, 0.15) is 63.9 Å². The zero-order valence-corrected chi connectivity index (χ0v) is 11.8. The van der Waals surface area contributed by atoms with E-state index in [2.05, 4.69) is 24.0 Å². The second kappa shape index (κ2) is 10.1. The Labute approximate surface area is 112 Å². The summed E-state index contributed by atoms with van der Waals surface area (Å²) in [7, 11) is 0. The van der Waals surface area contributed by atoms with Crippen LogP contribution in [-0.2, 0) is 6.42 Å². The Bertz CT molecular complexity index is 284. The quantitative estimate of drug-likeness (QED) is 0.633. The molecule has 2 N–H and O–H groups in total. The second-order valence-electron chi connectivity index (χ2n) is 5.21. The van der Waals surface area contributed by atoms with E-state index < -0.39 is 0 Å². The molecule has 0 fully saturated rings. The second-order valence-corrected chi connectivity index (χ2v) is 5.21. The van der Waals surface area contributed by atoms with Gasteiger partial charge in [-0.25, -0.2) is 0 Å². The third kappa shape index (κ3) is 7.44. The molecule has 0 radical (unpaired) electrons. The number of nitrogens with zero attached hydrogens (tertiary/aromatic N) is 1. The van der Waals surface area contributed by atoms with Gasteiger partial charge in [0.2, 0.25) is 0 Å². The van der Waals surface area contributed by atoms with Crippen molar-refractivity contribution >= 4 is 0 Å². The van der Waals surface area contributed by atoms with E-state index in [0.29, 0.717) is 6.04 Å². The minimum atomic E-state index is 0.365. The summed E-state index contributed by atoms with van der Waals surface area (Å²) >= 11 is 0. The Balaban J connectivity index is 1.99. The molecule has 102 valence electrons. The minimum Gasteiger partial charge on any atom is -0.328 e. The molecule has 1 aromatic heterocycles. The molecule has 2 heteroatoms. The highest BCUT2D eigenvalue weighted by molar-refractivity contribution is 5.09. The van der Waals surface area contributed by atoms with Crippen molar-refractivity contribution in [3.05, 3.63) is 30.1 Å². The summed E-state index contributed by atoms with van der Waals surface area (Å²) in [6.45, 7) is 2.26. The molecule has 0 spiro atoms. The summed E-state index contributed by atoms with van der Waals surface area (Å²) in [6.07, 6.45) is 15.2. The van der Waals surface area contributed by atoms with Crippen molar-refractivity contribution in [3.63, 3.8) is 0 Å². The molecule has 0 aliphatic carbocycles. The van der Waals surface area contributed by atoms with Gasteiger partial charge in [-0.1, -0.05) is 45.4 Å². The normalized spacial score (nSPS) is 12.6. The first-order chi connectivity index (χ1) is 8.83. The Morgan fingerprint density at radius 3 is 2.39 bits per heavy atom. The first kappa shape index (κ1) is 15.2. The van der Waals surface area contributed by atoms with Gasteiger partial charge in [0.15, 0.2) is 0 Å². The number of hydrogen-bond acceptors (Lipinski definition) is 2. The first-order valence-corrected chi connectivity index (χ1v) is 7.47. The third-order valence-electron chi connectivity index (χ3n) is 3.48. The van der Waals surface area contributed by atoms with Gasteiger partial charge >= 0.3 is 0 Å². The molecule has 0 amide bonds. The fraction of sp³-hybridized carbons (Fsp3) is 0.688. The van der Waals surface area contributed by atoms with E-state index in [1.807, 2.05) is 12.4 Å². The summed E-state index contributed by atoms with van der Waals surface area (Å²) in [4.78, 5) is 4.03. The lowest BCUT2D eigenvalue weighted by atomic mass is 10.0. The van der Waals surface area contributed by atoms with Crippen LogP contribution in [0.2, 0.25) is 0 Å². The summed E-state index contributed by atoms with van der Waals surface area (Å²) in [5, 5.41) is 0. The average Bonchev–Trinajstić information content (AvgIpc) is 2.41. The van der Waals surface area contributed by atoms with Crippen LogP contribution >= 0.6 is 0 Å². The Morgan fingerprint density at radius 2 is 1.67 bits per heavy atom. The lowest BCUT2D eigenvalue weighted by Gasteiger charge is -2.11. The molecular formula is C16H28N2. The van der Waals surface area contributed by atoms with E-state index in [-0.39, 0.29) is 0 Å². The number of aryl methyl sites for hydroxylation is 1. The SMILES string of the molecule is CCCCCCCCC(N)CCc1ccncc1. The number of hydrogen-bond donors (Lipinski definition) is 1. The van der Waals surface area contributed by atoms with Crippen molar-refractivity contribution in [2.75, 3.05) is 0 Å². The molecule has 18 heavy (non-hydrogen) atoms. The standard InChI is InChI=1S/C16H28N2/c1-2-3-4-5-6-7-8-16(17)10-9-15-11-13-18-14-12-15/h11-14,16H,2-10,17H2,1H3. The number of nitrogens with two attached hydrogens (primary N) is 1. The third-order valence-corrected chi connectivity index (χ3v) is 3.48. The molecule has 0 saturated heterocycles. The average molecular weight is 248 g/mol. The van der Waals surface area contributed by atoms with Gasteiger partial charge in [-0.15, -0.1) is 0 Å². The van der Waals surface area contributed by atoms with Crippen LogP contribution in [0.25, 0.3) is 0 Å². The molecule has 1 heterocycles. The molecule has 2 nitrogen and oxygen atoms in total. The Morgan fingerprint density at radius 1 is 1.00 bits per heavy atom. The first-order valence-electron chi connectivity index (χ1n) is 7.47. The van der Waals surface area contributed by atoms with E-state index in [0.717, 1.165) is 12.8 Å². The predicted octanol–water partition coefficient (Wildman–Crippen LogP) is 4.09. The number of aromatic nitrogens is 1. The minimum absolute atomic E-state index is 0.365. The highest BCUT2D eigenvalue weighted by Crippen LogP contribution is 2.11. The molecule has 0 saturated carbocycles. The van der Waals surface area contributed by atoms with Crippen molar-refractivity contribution in [1.82, 2.24) is 4.98 Å². The van der Waals surface area contributed by atoms with Crippen LogP contribution in [0.15, 0.2) is 24.5 Å². The zero-order valence-electron chi connectivity index (χ0n) is 11.8. The van der Waals surface area contributed by atoms with Crippen LogP contribution in [0.5, 0.6) is 0 Å². The van der Waals surface area contributed by atoms with Crippen molar-refractivity contribution in [2.45, 2.75) is 70.8 Å². The fourth-order valence-corrected chi connectivity index (χ4v) is 2.23. The fourth-order valence-electron chi connectivity index (χ4n) is 2.23. The molecule has 1 atom stereocenters. The summed E-state index contributed by atoms with van der Waals surface area (Å²) in [5.74, 6) is 0. The summed E-state index contributed by atoms with van der Waals surface area (Å²) in [5.41, 5.74) is 7.50. The maximum atomic E-state index is 6.15. The smallest absolute Gasteiger partial charge is 0.0270 e. The number of rotatable bonds is 10. The Hall–Kier alpha value is -0.890. The summed E-state index contributed by atoms with van der Waals surface area (Å²) in [6, 6.07) is 4.53. The van der Waals surface area contributed by atoms with Crippen LogP contribution in [0.3, 0.4) is 0 Å². The maximum Gasteiger partial charge on any atom is 0.0270 e. The molecule has 0 aromatic carbocycles. The predicted molar refractivity (Wildman–Crippen MR) is 78.5 cm³/mol. The van der Waals surface area contributed by atoms with Gasteiger partial charge < -0.3 is 5.73 Å². The van der Waals surface area contributed by atoms with E-state index in [9.17, 15) is 0 Å². The monoisotopic (exact) mass is 248 g/mol. The van der Waals surface area contributed by atoms with Crippen molar-refractivity contribution in [2.24, 2.45) is 5.73 Å². The Kier molecular flexibility index (Phi) is 8.49. The highest BCUT2D eigenvalue weighted by atomic mass is 14.6. The number of pyridine rings is 1. The lowest BCUT2D eigenvalue weighted by molar-refractivity contribution is 0.512. The van der Waals surface area contributed by atoms with Gasteiger partial charge in [0.05, 0.1) is 0 Å². The maximum absolute atomic E-state index is 6.15. The van der Waals surface area contributed by atoms with Crippen LogP contribution < -0.4 is 5.73 Å². The van der Waals surface area contributed by atoms with Gasteiger partial charge in [-0.3, -0.25) is 4.98 Å². The van der Waals surface area contributed by atoms with Crippen molar-refractivity contribution in [3.8, 4) is 0 Å². The van der Waals surface area contributed by atoms with Gasteiger partial charge in [-0.05, 0) is 37.0 Å². The molecule has 0 aliphatic rings. The van der Waals surface area contributed by atoms with Gasteiger partial charge in [0.1, 0.15) is 0 Å². The molecule has 0 aliphatic heterocycles. The lowest BCUT2D eigenvalue weighted by Crippen LogP contribution is -2.20. The van der Waals surface area contributed by atoms with Crippen molar-refractivity contribution in [1.29, 1.82) is 0 Å². The molecule has 0 bridgehead atoms. The van der Waals surface area contributed by atoms with E-state index >= 15 is 0 Å². The van der Waals surface area contributed by atoms with Gasteiger partial charge in [0.25, 0.3) is 0 Å². The zero-order chi connectivity index (χ0) is 13.1. The van der Waals surface area contributed by atoms with Gasteiger partial charge in [-0.2, -0.15) is 0 Å². The summed E-state index contributed by atoms with van der Waals surface area (Å²) < 4.78 is 0. The van der Waals surface area contributed by atoms with Crippen LogP contribution in [0, 0.1) is 0 Å². The van der Waals surface area contributed by atoms with Crippen LogP contribution in [-0.4, -0.2) is 11.0 Å². The van der Waals surface area contributed by atoms with E-state index in [1.165, 1.54) is 50.5 Å². The van der Waals surface area contributed by atoms with Crippen molar-refractivity contribution < 1.29 is 0 Å². The van der Waals surface area contributed by atoms with Crippen LogP contribution in [0.4, 0.5) is 0 Å². The molecule has 1 unspecified atom stereocenters. The van der Waals surface area contributed by atoms with E-state index in [4.69, 9.17) is 5.73 Å². The topological polar surface area (TPSA) is 38.9 Å². The van der Waals surface area contributed by atoms with Gasteiger partial charge in [0, 0.05) is 18.4 Å². The van der Waals surface area contributed by atoms with E-state index in [1.54, 1.807) is 0 Å². The molecular weight excluding hydrogens is 220 g/mol. The largest absolute Gasteiger partial charge is 0.328 e. The molecule has 1 aromatic rings. The molecule has 1 rings (SSSR count). The highest BCUT2D eigenvalue weighted by Gasteiger charge is 2.03.